The maximum absolute atomic E-state index is 12.2. The Balaban J connectivity index is 1.83. The maximum Gasteiger partial charge on any atom is 0.297 e. The topological polar surface area (TPSA) is 102 Å². The highest BCUT2D eigenvalue weighted by Gasteiger charge is 2.53. The lowest BCUT2D eigenvalue weighted by Crippen LogP contribution is -2.43. The van der Waals surface area contributed by atoms with Crippen LogP contribution in [0.25, 0.3) is 0 Å². The predicted octanol–water partition coefficient (Wildman–Crippen LogP) is -0.454. The number of rotatable bonds is 3. The second kappa shape index (κ2) is 5.31. The first-order chi connectivity index (χ1) is 9.88. The van der Waals surface area contributed by atoms with E-state index in [4.69, 9.17) is 13.7 Å². The van der Waals surface area contributed by atoms with Crippen molar-refractivity contribution in [2.75, 3.05) is 6.61 Å². The van der Waals surface area contributed by atoms with Crippen molar-refractivity contribution >= 4 is 10.1 Å². The first-order valence-electron chi connectivity index (χ1n) is 6.51. The first-order valence-corrected chi connectivity index (χ1v) is 7.92. The molecular weight excluding hydrogens is 300 g/mol. The fraction of sp³-hybridized carbons (Fsp3) is 0.538. The monoisotopic (exact) mass is 316 g/mol. The van der Waals surface area contributed by atoms with Gasteiger partial charge in [-0.3, -0.25) is 4.18 Å². The van der Waals surface area contributed by atoms with Crippen molar-refractivity contribution < 1.29 is 32.3 Å². The minimum atomic E-state index is -4.06. The number of fused-ring (bicyclic) bond motifs is 2. The average Bonchev–Trinajstić information content (AvgIpc) is 2.69. The molecule has 2 bridgehead atoms. The molecule has 1 aromatic rings. The molecule has 21 heavy (non-hydrogen) atoms. The zero-order valence-corrected chi connectivity index (χ0v) is 12.1. The number of ether oxygens (including phenoxy) is 2. The van der Waals surface area contributed by atoms with Gasteiger partial charge in [-0.25, -0.2) is 0 Å². The zero-order chi connectivity index (χ0) is 15.2. The molecule has 2 heterocycles. The van der Waals surface area contributed by atoms with E-state index in [1.165, 1.54) is 12.1 Å². The fourth-order valence-corrected chi connectivity index (χ4v) is 3.51. The van der Waals surface area contributed by atoms with Gasteiger partial charge in [-0.1, -0.05) is 17.7 Å². The van der Waals surface area contributed by atoms with E-state index >= 15 is 0 Å². The van der Waals surface area contributed by atoms with Crippen molar-refractivity contribution in [1.82, 2.24) is 0 Å². The quantitative estimate of drug-likeness (QED) is 0.728. The molecule has 2 aliphatic heterocycles. The molecule has 3 rings (SSSR count). The van der Waals surface area contributed by atoms with Crippen molar-refractivity contribution in [2.45, 2.75) is 42.5 Å². The molecule has 0 spiro atoms. The van der Waals surface area contributed by atoms with Gasteiger partial charge in [0.15, 0.2) is 6.29 Å². The molecule has 0 amide bonds. The summed E-state index contributed by atoms with van der Waals surface area (Å²) in [5.74, 6) is 0. The van der Waals surface area contributed by atoms with Crippen molar-refractivity contribution in [1.29, 1.82) is 0 Å². The molecule has 0 saturated carbocycles. The third-order valence-corrected chi connectivity index (χ3v) is 4.91. The van der Waals surface area contributed by atoms with E-state index in [1.807, 2.05) is 6.92 Å². The molecule has 7 nitrogen and oxygen atoms in total. The van der Waals surface area contributed by atoms with Crippen LogP contribution in [-0.4, -0.2) is 55.9 Å². The van der Waals surface area contributed by atoms with E-state index in [-0.39, 0.29) is 11.5 Å². The van der Waals surface area contributed by atoms with Gasteiger partial charge in [0.1, 0.15) is 24.4 Å². The third kappa shape index (κ3) is 2.70. The van der Waals surface area contributed by atoms with Crippen LogP contribution in [0.15, 0.2) is 29.2 Å². The molecule has 0 aliphatic carbocycles. The number of hydrogen-bond acceptors (Lipinski definition) is 7. The summed E-state index contributed by atoms with van der Waals surface area (Å²) in [5.41, 5.74) is 0.915. The van der Waals surface area contributed by atoms with Crippen LogP contribution >= 0.6 is 0 Å². The van der Waals surface area contributed by atoms with E-state index in [1.54, 1.807) is 12.1 Å². The van der Waals surface area contributed by atoms with Gasteiger partial charge in [0, 0.05) is 0 Å². The molecule has 1 aromatic carbocycles. The summed E-state index contributed by atoms with van der Waals surface area (Å²) in [7, 11) is -4.06. The SMILES string of the molecule is Cc1ccc(S(=O)(=O)O[C@H]2[C@H](O)[C@H]3OC[C@H](O)[C@@H]2O3)cc1. The van der Waals surface area contributed by atoms with E-state index in [0.717, 1.165) is 5.56 Å². The Labute approximate surface area is 122 Å². The number of aliphatic hydroxyl groups excluding tert-OH is 2. The number of aliphatic hydroxyl groups is 2. The summed E-state index contributed by atoms with van der Waals surface area (Å²) < 4.78 is 39.8. The lowest BCUT2D eigenvalue weighted by Gasteiger charge is -2.26. The Morgan fingerprint density at radius 3 is 2.57 bits per heavy atom. The molecule has 0 radical (unpaired) electrons. The fourth-order valence-electron chi connectivity index (χ4n) is 2.42. The lowest BCUT2D eigenvalue weighted by molar-refractivity contribution is -0.233. The largest absolute Gasteiger partial charge is 0.388 e. The van der Waals surface area contributed by atoms with Crippen molar-refractivity contribution in [3.8, 4) is 0 Å². The number of benzene rings is 1. The minimum Gasteiger partial charge on any atom is -0.388 e. The van der Waals surface area contributed by atoms with Crippen molar-refractivity contribution in [2.24, 2.45) is 0 Å². The van der Waals surface area contributed by atoms with Crippen LogP contribution < -0.4 is 0 Å². The molecule has 2 saturated heterocycles. The summed E-state index contributed by atoms with van der Waals surface area (Å²) in [6, 6.07) is 6.14. The highest BCUT2D eigenvalue weighted by Crippen LogP contribution is 2.33. The normalized spacial score (nSPS) is 35.9. The Morgan fingerprint density at radius 1 is 1.24 bits per heavy atom. The summed E-state index contributed by atoms with van der Waals surface area (Å²) in [6.45, 7) is 1.81. The van der Waals surface area contributed by atoms with Crippen LogP contribution in [0.2, 0.25) is 0 Å². The van der Waals surface area contributed by atoms with Gasteiger partial charge >= 0.3 is 0 Å². The standard InChI is InChI=1S/C13H16O7S/c1-7-2-4-8(5-3-7)21(16,17)20-12-10(15)13-18-6-9(14)11(12)19-13/h2-5,9-15H,6H2,1H3/t9-,10-,11-,12-,13-/m0/s1. The van der Waals surface area contributed by atoms with Gasteiger partial charge in [-0.15, -0.1) is 0 Å². The molecule has 8 heteroatoms. The highest BCUT2D eigenvalue weighted by atomic mass is 32.2. The van der Waals surface area contributed by atoms with E-state index < -0.39 is 40.8 Å². The van der Waals surface area contributed by atoms with Gasteiger partial charge in [-0.2, -0.15) is 8.42 Å². The molecule has 0 aromatic heterocycles. The molecular formula is C13H16O7S. The minimum absolute atomic E-state index is 0.0165. The van der Waals surface area contributed by atoms with Gasteiger partial charge in [-0.05, 0) is 19.1 Å². The van der Waals surface area contributed by atoms with Crippen molar-refractivity contribution in [3.63, 3.8) is 0 Å². The highest BCUT2D eigenvalue weighted by molar-refractivity contribution is 7.86. The predicted molar refractivity (Wildman–Crippen MR) is 69.9 cm³/mol. The Bertz CT molecular complexity index is 612. The number of hydrogen-bond donors (Lipinski definition) is 2. The smallest absolute Gasteiger partial charge is 0.297 e. The van der Waals surface area contributed by atoms with Gasteiger partial charge in [0.2, 0.25) is 0 Å². The van der Waals surface area contributed by atoms with E-state index in [2.05, 4.69) is 0 Å². The Hall–Kier alpha value is -1.03. The summed E-state index contributed by atoms with van der Waals surface area (Å²) >= 11 is 0. The van der Waals surface area contributed by atoms with Crippen LogP contribution in [0.3, 0.4) is 0 Å². The molecule has 5 atom stereocenters. The second-order valence-electron chi connectivity index (χ2n) is 5.19. The van der Waals surface area contributed by atoms with Gasteiger partial charge in [0.05, 0.1) is 11.5 Å². The Kier molecular flexibility index (Phi) is 3.76. The summed E-state index contributed by atoms with van der Waals surface area (Å²) in [5, 5.41) is 19.7. The number of aryl methyl sites for hydroxylation is 1. The van der Waals surface area contributed by atoms with Crippen LogP contribution in [0, 0.1) is 6.92 Å². The molecule has 2 fully saturated rings. The van der Waals surface area contributed by atoms with E-state index in [9.17, 15) is 18.6 Å². The average molecular weight is 316 g/mol. The summed E-state index contributed by atoms with van der Waals surface area (Å²) in [6.07, 6.45) is -5.42. The molecule has 2 N–H and O–H groups in total. The van der Waals surface area contributed by atoms with Crippen LogP contribution in [0.1, 0.15) is 5.56 Å². The second-order valence-corrected chi connectivity index (χ2v) is 6.76. The van der Waals surface area contributed by atoms with E-state index in [0.29, 0.717) is 0 Å². The summed E-state index contributed by atoms with van der Waals surface area (Å²) in [4.78, 5) is -0.0165. The Morgan fingerprint density at radius 2 is 1.90 bits per heavy atom. The zero-order valence-electron chi connectivity index (χ0n) is 11.2. The maximum atomic E-state index is 12.2. The van der Waals surface area contributed by atoms with Crippen molar-refractivity contribution in [3.05, 3.63) is 29.8 Å². The van der Waals surface area contributed by atoms with Crippen LogP contribution in [0.5, 0.6) is 0 Å². The van der Waals surface area contributed by atoms with Crippen LogP contribution in [0.4, 0.5) is 0 Å². The van der Waals surface area contributed by atoms with Gasteiger partial charge in [0.25, 0.3) is 10.1 Å². The molecule has 2 aliphatic rings. The molecule has 0 unspecified atom stereocenters. The molecule has 116 valence electrons. The van der Waals surface area contributed by atoms with Gasteiger partial charge < -0.3 is 19.7 Å². The lowest BCUT2D eigenvalue weighted by atomic mass is 10.1. The van der Waals surface area contributed by atoms with Crippen LogP contribution in [-0.2, 0) is 23.8 Å². The first kappa shape index (κ1) is 14.9. The third-order valence-electron chi connectivity index (χ3n) is 3.59.